The zero-order chi connectivity index (χ0) is 22.3. The van der Waals surface area contributed by atoms with Gasteiger partial charge in [-0.3, -0.25) is 4.79 Å². The molecule has 4 atom stereocenters. The first-order valence-corrected chi connectivity index (χ1v) is 9.39. The second-order valence-corrected chi connectivity index (χ2v) is 7.19. The number of phenols is 3. The number of rotatable bonds is 4. The van der Waals surface area contributed by atoms with Crippen molar-refractivity contribution in [1.82, 2.24) is 0 Å². The van der Waals surface area contributed by atoms with E-state index in [1.807, 2.05) is 0 Å². The highest BCUT2D eigenvalue weighted by atomic mass is 16.7. The average Bonchev–Trinajstić information content (AvgIpc) is 2.72. The van der Waals surface area contributed by atoms with Crippen LogP contribution in [0.3, 0.4) is 0 Å². The first-order valence-electron chi connectivity index (χ1n) is 9.39. The quantitative estimate of drug-likeness (QED) is 0.324. The Morgan fingerprint density at radius 1 is 1.00 bits per heavy atom. The lowest BCUT2D eigenvalue weighted by molar-refractivity contribution is -0.229. The average molecular weight is 432 g/mol. The molecule has 3 aromatic rings. The third-order valence-electron chi connectivity index (χ3n) is 5.03. The molecule has 4 rings (SSSR count). The van der Waals surface area contributed by atoms with Crippen LogP contribution in [0.1, 0.15) is 6.42 Å². The van der Waals surface area contributed by atoms with Crippen LogP contribution in [-0.2, 0) is 4.74 Å². The number of aromatic hydroxyl groups is 3. The monoisotopic (exact) mass is 432 g/mol. The molecule has 6 N–H and O–H groups in total. The van der Waals surface area contributed by atoms with Crippen LogP contribution in [0.25, 0.3) is 22.3 Å². The topological polar surface area (TPSA) is 170 Å². The Labute approximate surface area is 174 Å². The van der Waals surface area contributed by atoms with Crippen LogP contribution in [0.4, 0.5) is 0 Å². The van der Waals surface area contributed by atoms with E-state index in [0.717, 1.165) is 6.07 Å². The maximum Gasteiger partial charge on any atom is 0.202 e. The van der Waals surface area contributed by atoms with Gasteiger partial charge in [-0.05, 0) is 18.2 Å². The summed E-state index contributed by atoms with van der Waals surface area (Å²) in [6.45, 7) is -0.529. The van der Waals surface area contributed by atoms with E-state index in [1.165, 1.54) is 30.3 Å². The van der Waals surface area contributed by atoms with Gasteiger partial charge in [0.2, 0.25) is 6.29 Å². The zero-order valence-corrected chi connectivity index (χ0v) is 16.0. The summed E-state index contributed by atoms with van der Waals surface area (Å²) in [4.78, 5) is 12.5. The molecule has 0 amide bonds. The van der Waals surface area contributed by atoms with Gasteiger partial charge >= 0.3 is 0 Å². The SMILES string of the molecule is O=c1cc(-c2ccc(O)c(O)c2)oc2cc(OC3CC(O)C(O)C(CO)O3)cc(O)c12. The third kappa shape index (κ3) is 4.01. The van der Waals surface area contributed by atoms with E-state index < -0.39 is 48.1 Å². The molecule has 0 aliphatic carbocycles. The number of aliphatic hydroxyl groups excluding tert-OH is 3. The van der Waals surface area contributed by atoms with E-state index in [9.17, 15) is 35.4 Å². The van der Waals surface area contributed by atoms with E-state index in [1.54, 1.807) is 0 Å². The summed E-state index contributed by atoms with van der Waals surface area (Å²) in [5.74, 6) is -0.993. The van der Waals surface area contributed by atoms with Gasteiger partial charge < -0.3 is 44.5 Å². The van der Waals surface area contributed by atoms with Gasteiger partial charge in [0.05, 0.1) is 12.7 Å². The number of benzene rings is 2. The Morgan fingerprint density at radius 2 is 1.77 bits per heavy atom. The van der Waals surface area contributed by atoms with Crippen LogP contribution in [0.15, 0.2) is 45.6 Å². The number of aliphatic hydroxyl groups is 3. The lowest BCUT2D eigenvalue weighted by atomic mass is 10.0. The molecule has 2 aromatic carbocycles. The van der Waals surface area contributed by atoms with Crippen LogP contribution in [0, 0.1) is 0 Å². The van der Waals surface area contributed by atoms with Crippen molar-refractivity contribution in [3.05, 3.63) is 46.6 Å². The van der Waals surface area contributed by atoms with Crippen LogP contribution in [-0.4, -0.2) is 61.8 Å². The number of fused-ring (bicyclic) bond motifs is 1. The van der Waals surface area contributed by atoms with Crippen molar-refractivity contribution in [3.8, 4) is 34.3 Å². The Hall–Kier alpha value is -3.31. The molecule has 1 aliphatic heterocycles. The molecule has 1 aliphatic rings. The van der Waals surface area contributed by atoms with E-state index in [4.69, 9.17) is 13.9 Å². The molecular formula is C21H20O10. The molecule has 31 heavy (non-hydrogen) atoms. The predicted molar refractivity (Wildman–Crippen MR) is 106 cm³/mol. The van der Waals surface area contributed by atoms with Crippen molar-refractivity contribution < 1.29 is 44.5 Å². The second kappa shape index (κ2) is 8.08. The first kappa shape index (κ1) is 20.9. The molecule has 1 saturated heterocycles. The van der Waals surface area contributed by atoms with Crippen molar-refractivity contribution in [3.63, 3.8) is 0 Å². The Kier molecular flexibility index (Phi) is 5.46. The summed E-state index contributed by atoms with van der Waals surface area (Å²) < 4.78 is 16.7. The maximum absolute atomic E-state index is 12.5. The summed E-state index contributed by atoms with van der Waals surface area (Å²) >= 11 is 0. The van der Waals surface area contributed by atoms with Crippen LogP contribution in [0.2, 0.25) is 0 Å². The van der Waals surface area contributed by atoms with Gasteiger partial charge in [0, 0.05) is 30.2 Å². The highest BCUT2D eigenvalue weighted by molar-refractivity contribution is 5.86. The molecule has 0 saturated carbocycles. The molecule has 10 heteroatoms. The van der Waals surface area contributed by atoms with Crippen LogP contribution < -0.4 is 10.2 Å². The Bertz CT molecular complexity index is 1170. The van der Waals surface area contributed by atoms with E-state index in [2.05, 4.69) is 0 Å². The van der Waals surface area contributed by atoms with Gasteiger partial charge in [-0.2, -0.15) is 0 Å². The van der Waals surface area contributed by atoms with E-state index in [-0.39, 0.29) is 34.6 Å². The van der Waals surface area contributed by atoms with Gasteiger partial charge in [-0.15, -0.1) is 0 Å². The normalized spacial score (nSPS) is 23.7. The van der Waals surface area contributed by atoms with Gasteiger partial charge in [0.15, 0.2) is 16.9 Å². The van der Waals surface area contributed by atoms with Crippen molar-refractivity contribution in [2.75, 3.05) is 6.61 Å². The maximum atomic E-state index is 12.5. The molecule has 164 valence electrons. The second-order valence-electron chi connectivity index (χ2n) is 7.19. The van der Waals surface area contributed by atoms with Crippen molar-refractivity contribution >= 4 is 11.0 Å². The largest absolute Gasteiger partial charge is 0.507 e. The molecule has 4 unspecified atom stereocenters. The summed E-state index contributed by atoms with van der Waals surface area (Å²) in [5.41, 5.74) is -0.237. The molecule has 0 spiro atoms. The standard InChI is InChI=1S/C21H20O10/c22-8-18-21(28)15(27)7-19(31-18)29-10-4-13(25)20-14(26)6-16(30-17(20)5-10)9-1-2-11(23)12(24)3-9/h1-6,15,18-19,21-25,27-28H,7-8H2. The molecule has 0 bridgehead atoms. The molecule has 2 heterocycles. The van der Waals surface area contributed by atoms with Gasteiger partial charge in [0.1, 0.15) is 40.4 Å². The molecule has 1 aromatic heterocycles. The van der Waals surface area contributed by atoms with Gasteiger partial charge in [-0.1, -0.05) is 0 Å². The fraction of sp³-hybridized carbons (Fsp3) is 0.286. The minimum Gasteiger partial charge on any atom is -0.507 e. The minimum absolute atomic E-state index is 0.0137. The summed E-state index contributed by atoms with van der Waals surface area (Å²) in [5, 5.41) is 58.4. The fourth-order valence-electron chi connectivity index (χ4n) is 3.42. The van der Waals surface area contributed by atoms with Crippen LogP contribution in [0.5, 0.6) is 23.0 Å². The Morgan fingerprint density at radius 3 is 2.48 bits per heavy atom. The lowest BCUT2D eigenvalue weighted by Gasteiger charge is -2.36. The summed E-state index contributed by atoms with van der Waals surface area (Å²) in [6, 6.07) is 7.56. The highest BCUT2D eigenvalue weighted by Crippen LogP contribution is 2.35. The van der Waals surface area contributed by atoms with Crippen molar-refractivity contribution in [2.45, 2.75) is 31.0 Å². The molecule has 10 nitrogen and oxygen atoms in total. The van der Waals surface area contributed by atoms with Crippen LogP contribution >= 0.6 is 0 Å². The summed E-state index contributed by atoms with van der Waals surface area (Å²) in [6.07, 6.45) is -4.62. The molecule has 0 radical (unpaired) electrons. The van der Waals surface area contributed by atoms with Crippen molar-refractivity contribution in [2.24, 2.45) is 0 Å². The van der Waals surface area contributed by atoms with E-state index >= 15 is 0 Å². The number of ether oxygens (including phenoxy) is 2. The molecular weight excluding hydrogens is 412 g/mol. The third-order valence-corrected chi connectivity index (χ3v) is 5.03. The van der Waals surface area contributed by atoms with Gasteiger partial charge in [0.25, 0.3) is 0 Å². The van der Waals surface area contributed by atoms with Gasteiger partial charge in [-0.25, -0.2) is 0 Å². The highest BCUT2D eigenvalue weighted by Gasteiger charge is 2.37. The lowest BCUT2D eigenvalue weighted by Crippen LogP contribution is -2.51. The molecule has 1 fully saturated rings. The number of hydrogen-bond acceptors (Lipinski definition) is 10. The smallest absolute Gasteiger partial charge is 0.202 e. The number of phenolic OH excluding ortho intramolecular Hbond substituents is 3. The Balaban J connectivity index is 1.70. The van der Waals surface area contributed by atoms with Crippen molar-refractivity contribution in [1.29, 1.82) is 0 Å². The predicted octanol–water partition coefficient (Wildman–Crippen LogP) is 0.785. The fourth-order valence-corrected chi connectivity index (χ4v) is 3.42. The number of hydrogen-bond donors (Lipinski definition) is 6. The summed E-state index contributed by atoms with van der Waals surface area (Å²) in [7, 11) is 0. The zero-order valence-electron chi connectivity index (χ0n) is 16.0. The minimum atomic E-state index is -1.27. The first-order chi connectivity index (χ1) is 14.8. The van der Waals surface area contributed by atoms with E-state index in [0.29, 0.717) is 5.56 Å².